The van der Waals surface area contributed by atoms with E-state index in [0.29, 0.717) is 12.2 Å². The van der Waals surface area contributed by atoms with Gasteiger partial charge in [-0.1, -0.05) is 6.92 Å². The predicted molar refractivity (Wildman–Crippen MR) is 69.0 cm³/mol. The van der Waals surface area contributed by atoms with Gasteiger partial charge in [-0.15, -0.1) is 0 Å². The number of ether oxygens (including phenoxy) is 1. The molecule has 19 heavy (non-hydrogen) atoms. The van der Waals surface area contributed by atoms with Crippen LogP contribution in [0, 0.1) is 5.41 Å². The number of aromatic amines is 1. The summed E-state index contributed by atoms with van der Waals surface area (Å²) >= 11 is 0. The van der Waals surface area contributed by atoms with Gasteiger partial charge in [0.15, 0.2) is 5.03 Å². The van der Waals surface area contributed by atoms with Crippen molar-refractivity contribution < 1.29 is 17.9 Å². The van der Waals surface area contributed by atoms with E-state index < -0.39 is 21.4 Å². The molecule has 0 unspecified atom stereocenters. The molecule has 2 N–H and O–H groups in total. The third-order valence-corrected chi connectivity index (χ3v) is 3.98. The van der Waals surface area contributed by atoms with Crippen LogP contribution in [0.15, 0.2) is 11.2 Å². The summed E-state index contributed by atoms with van der Waals surface area (Å²) in [5, 5.41) is -0.00924. The number of rotatable bonds is 6. The lowest BCUT2D eigenvalue weighted by atomic mass is 9.94. The van der Waals surface area contributed by atoms with Crippen LogP contribution in [0.1, 0.15) is 26.6 Å². The Bertz CT molecular complexity index is 548. The van der Waals surface area contributed by atoms with Crippen LogP contribution >= 0.6 is 0 Å². The largest absolute Gasteiger partial charge is 0.469 e. The van der Waals surface area contributed by atoms with Crippen LogP contribution in [0.4, 0.5) is 0 Å². The Labute approximate surface area is 112 Å². The summed E-state index contributed by atoms with van der Waals surface area (Å²) in [6.07, 6.45) is 1.87. The van der Waals surface area contributed by atoms with E-state index in [1.807, 2.05) is 6.92 Å². The lowest BCUT2D eigenvalue weighted by Gasteiger charge is -2.21. The van der Waals surface area contributed by atoms with Crippen LogP contribution < -0.4 is 4.72 Å². The molecule has 0 aliphatic heterocycles. The summed E-state index contributed by atoms with van der Waals surface area (Å²) in [6, 6.07) is 0. The SMILES string of the molecule is CCc1ncc(S(=O)(=O)NCC(C)(C)C(=O)OC)[nH]1. The highest BCUT2D eigenvalue weighted by Gasteiger charge is 2.31. The molecule has 0 spiro atoms. The van der Waals surface area contributed by atoms with E-state index in [1.165, 1.54) is 13.3 Å². The van der Waals surface area contributed by atoms with E-state index in [1.54, 1.807) is 13.8 Å². The summed E-state index contributed by atoms with van der Waals surface area (Å²) in [6.45, 7) is 5.02. The van der Waals surface area contributed by atoms with Crippen LogP contribution in [0.3, 0.4) is 0 Å². The van der Waals surface area contributed by atoms with Gasteiger partial charge in [-0.25, -0.2) is 18.1 Å². The van der Waals surface area contributed by atoms with Gasteiger partial charge in [0.25, 0.3) is 10.0 Å². The highest BCUT2D eigenvalue weighted by molar-refractivity contribution is 7.89. The van der Waals surface area contributed by atoms with E-state index in [2.05, 4.69) is 19.4 Å². The van der Waals surface area contributed by atoms with Crippen molar-refractivity contribution in [3.05, 3.63) is 12.0 Å². The van der Waals surface area contributed by atoms with Gasteiger partial charge in [0.05, 0.1) is 18.7 Å². The summed E-state index contributed by atoms with van der Waals surface area (Å²) in [7, 11) is -2.44. The van der Waals surface area contributed by atoms with Crippen LogP contribution in [0.25, 0.3) is 0 Å². The summed E-state index contributed by atoms with van der Waals surface area (Å²) in [4.78, 5) is 18.1. The second-order valence-corrected chi connectivity index (χ2v) is 6.48. The second-order valence-electron chi connectivity index (χ2n) is 4.75. The summed E-state index contributed by atoms with van der Waals surface area (Å²) < 4.78 is 31.0. The fraction of sp³-hybridized carbons (Fsp3) is 0.636. The third kappa shape index (κ3) is 3.77. The minimum atomic E-state index is -3.70. The van der Waals surface area contributed by atoms with Crippen LogP contribution in [-0.2, 0) is 26.0 Å². The van der Waals surface area contributed by atoms with Crippen LogP contribution in [0.5, 0.6) is 0 Å². The quantitative estimate of drug-likeness (QED) is 0.740. The number of aromatic nitrogens is 2. The van der Waals surface area contributed by atoms with Crippen molar-refractivity contribution >= 4 is 16.0 Å². The molecule has 0 aliphatic rings. The first kappa shape index (κ1) is 15.6. The minimum Gasteiger partial charge on any atom is -0.469 e. The Morgan fingerprint density at radius 1 is 1.53 bits per heavy atom. The van der Waals surface area contributed by atoms with Gasteiger partial charge >= 0.3 is 5.97 Å². The number of methoxy groups -OCH3 is 1. The van der Waals surface area contributed by atoms with Crippen molar-refractivity contribution in [2.45, 2.75) is 32.2 Å². The number of sulfonamides is 1. The van der Waals surface area contributed by atoms with Crippen molar-refractivity contribution in [2.75, 3.05) is 13.7 Å². The van der Waals surface area contributed by atoms with Gasteiger partial charge in [-0.2, -0.15) is 0 Å². The molecule has 0 amide bonds. The van der Waals surface area contributed by atoms with Gasteiger partial charge in [0.1, 0.15) is 5.82 Å². The number of nitrogens with zero attached hydrogens (tertiary/aromatic N) is 1. The number of carbonyl (C=O) groups excluding carboxylic acids is 1. The standard InChI is InChI=1S/C11H19N3O4S/c1-5-8-12-6-9(14-8)19(16,17)13-7-11(2,3)10(15)18-4/h6,13H,5,7H2,1-4H3,(H,12,14). The summed E-state index contributed by atoms with van der Waals surface area (Å²) in [5.74, 6) is 0.113. The molecule has 8 heteroatoms. The monoisotopic (exact) mass is 289 g/mol. The zero-order valence-electron chi connectivity index (χ0n) is 11.5. The van der Waals surface area contributed by atoms with Crippen molar-refractivity contribution in [1.82, 2.24) is 14.7 Å². The lowest BCUT2D eigenvalue weighted by Crippen LogP contribution is -2.39. The van der Waals surface area contributed by atoms with E-state index in [-0.39, 0.29) is 11.6 Å². The van der Waals surface area contributed by atoms with Gasteiger partial charge in [0, 0.05) is 13.0 Å². The van der Waals surface area contributed by atoms with Crippen molar-refractivity contribution in [2.24, 2.45) is 5.41 Å². The van der Waals surface area contributed by atoms with E-state index >= 15 is 0 Å². The van der Waals surface area contributed by atoms with E-state index in [4.69, 9.17) is 0 Å². The number of carbonyl (C=O) groups is 1. The highest BCUT2D eigenvalue weighted by Crippen LogP contribution is 2.17. The number of H-pyrrole nitrogens is 1. The van der Waals surface area contributed by atoms with Crippen LogP contribution in [0.2, 0.25) is 0 Å². The molecule has 0 atom stereocenters. The minimum absolute atomic E-state index is 0.00924. The Morgan fingerprint density at radius 2 is 2.16 bits per heavy atom. The molecule has 1 aromatic heterocycles. The average molecular weight is 289 g/mol. The van der Waals surface area contributed by atoms with Crippen LogP contribution in [-0.4, -0.2) is 38.0 Å². The maximum absolute atomic E-state index is 12.0. The van der Waals surface area contributed by atoms with Crippen molar-refractivity contribution in [3.8, 4) is 0 Å². The smallest absolute Gasteiger partial charge is 0.312 e. The molecule has 0 aliphatic carbocycles. The third-order valence-electron chi connectivity index (χ3n) is 2.67. The number of nitrogens with one attached hydrogen (secondary N) is 2. The van der Waals surface area contributed by atoms with Gasteiger partial charge < -0.3 is 9.72 Å². The first-order valence-electron chi connectivity index (χ1n) is 5.85. The molecule has 0 saturated carbocycles. The van der Waals surface area contributed by atoms with Gasteiger partial charge in [-0.05, 0) is 13.8 Å². The molecular weight excluding hydrogens is 270 g/mol. The molecule has 0 aromatic carbocycles. The molecule has 1 heterocycles. The molecule has 1 aromatic rings. The van der Waals surface area contributed by atoms with E-state index in [9.17, 15) is 13.2 Å². The highest BCUT2D eigenvalue weighted by atomic mass is 32.2. The fourth-order valence-corrected chi connectivity index (χ4v) is 2.51. The maximum Gasteiger partial charge on any atom is 0.312 e. The molecule has 0 saturated heterocycles. The molecule has 0 fully saturated rings. The molecule has 108 valence electrons. The maximum atomic E-state index is 12.0. The normalized spacial score (nSPS) is 12.4. The molecule has 1 rings (SSSR count). The zero-order valence-corrected chi connectivity index (χ0v) is 12.3. The van der Waals surface area contributed by atoms with Crippen molar-refractivity contribution in [1.29, 1.82) is 0 Å². The first-order valence-corrected chi connectivity index (χ1v) is 7.33. The molecule has 0 bridgehead atoms. The number of imidazole rings is 1. The lowest BCUT2D eigenvalue weighted by molar-refractivity contribution is -0.150. The van der Waals surface area contributed by atoms with Gasteiger partial charge in [0.2, 0.25) is 0 Å². The number of aryl methyl sites for hydroxylation is 1. The topological polar surface area (TPSA) is 101 Å². The average Bonchev–Trinajstić information content (AvgIpc) is 2.85. The first-order chi connectivity index (χ1) is 8.73. The Balaban J connectivity index is 2.78. The number of esters is 1. The molecule has 7 nitrogen and oxygen atoms in total. The number of hydrogen-bond acceptors (Lipinski definition) is 5. The number of hydrogen-bond donors (Lipinski definition) is 2. The Morgan fingerprint density at radius 3 is 2.63 bits per heavy atom. The Hall–Kier alpha value is -1.41. The van der Waals surface area contributed by atoms with E-state index in [0.717, 1.165) is 0 Å². The molecule has 0 radical (unpaired) electrons. The molecular formula is C11H19N3O4S. The summed E-state index contributed by atoms with van der Waals surface area (Å²) in [5.41, 5.74) is -0.935. The Kier molecular flexibility index (Phi) is 4.70. The zero-order chi connectivity index (χ0) is 14.7. The predicted octanol–water partition coefficient (Wildman–Crippen LogP) is 0.450. The fourth-order valence-electron chi connectivity index (χ4n) is 1.36. The van der Waals surface area contributed by atoms with Crippen molar-refractivity contribution in [3.63, 3.8) is 0 Å². The second kappa shape index (κ2) is 5.70. The van der Waals surface area contributed by atoms with Gasteiger partial charge in [-0.3, -0.25) is 4.79 Å².